The van der Waals surface area contributed by atoms with E-state index in [1.807, 2.05) is 5.32 Å². The number of carbonyl (C=O) groups excluding carboxylic acids is 3. The van der Waals surface area contributed by atoms with Gasteiger partial charge in [0.05, 0.1) is 12.6 Å². The molecule has 0 radical (unpaired) electrons. The van der Waals surface area contributed by atoms with Crippen molar-refractivity contribution in [2.75, 3.05) is 27.2 Å². The highest BCUT2D eigenvalue weighted by Crippen LogP contribution is 2.17. The fraction of sp³-hybridized carbons (Fsp3) is 0.700. The normalized spacial score (nSPS) is 20.0. The van der Waals surface area contributed by atoms with Gasteiger partial charge in [0.25, 0.3) is 0 Å². The topological polar surface area (TPSA) is 95.7 Å². The van der Waals surface area contributed by atoms with Gasteiger partial charge >= 0.3 is 6.03 Å². The smallest absolute Gasteiger partial charge is 0.318 e. The number of nitrogens with one attached hydrogen (secondary N) is 1. The zero-order chi connectivity index (χ0) is 13.0. The van der Waals surface area contributed by atoms with Crippen LogP contribution in [0.4, 0.5) is 4.79 Å². The molecule has 0 aliphatic carbocycles. The summed E-state index contributed by atoms with van der Waals surface area (Å²) in [4.78, 5) is 37.0. The van der Waals surface area contributed by atoms with E-state index in [0.717, 1.165) is 12.8 Å². The van der Waals surface area contributed by atoms with E-state index >= 15 is 0 Å². The van der Waals surface area contributed by atoms with Gasteiger partial charge < -0.3 is 10.6 Å². The predicted octanol–water partition coefficient (Wildman–Crippen LogP) is -1.27. The van der Waals surface area contributed by atoms with Crippen LogP contribution in [0.2, 0.25) is 0 Å². The van der Waals surface area contributed by atoms with Gasteiger partial charge in [0.15, 0.2) is 0 Å². The largest absolute Gasteiger partial charge is 0.351 e. The average molecular weight is 242 g/mol. The van der Waals surface area contributed by atoms with Crippen LogP contribution in [0.1, 0.15) is 12.8 Å². The molecule has 0 aromatic carbocycles. The highest BCUT2D eigenvalue weighted by Gasteiger charge is 2.32. The lowest BCUT2D eigenvalue weighted by molar-refractivity contribution is -0.134. The number of likely N-dealkylation sites (tertiary alicyclic amines) is 1. The van der Waals surface area contributed by atoms with Gasteiger partial charge in [-0.1, -0.05) is 0 Å². The summed E-state index contributed by atoms with van der Waals surface area (Å²) >= 11 is 0. The van der Waals surface area contributed by atoms with Crippen molar-refractivity contribution in [1.29, 1.82) is 0 Å². The molecule has 3 N–H and O–H groups in total. The van der Waals surface area contributed by atoms with Crippen molar-refractivity contribution in [1.82, 2.24) is 15.1 Å². The Kier molecular flexibility index (Phi) is 4.45. The maximum atomic E-state index is 11.8. The summed E-state index contributed by atoms with van der Waals surface area (Å²) in [5, 5.41) is 1.99. The summed E-state index contributed by atoms with van der Waals surface area (Å²) in [6.45, 7) is 0.698. The molecule has 0 bridgehead atoms. The van der Waals surface area contributed by atoms with Gasteiger partial charge in [0.2, 0.25) is 11.8 Å². The quantitative estimate of drug-likeness (QED) is 0.645. The molecule has 1 saturated heterocycles. The van der Waals surface area contributed by atoms with Gasteiger partial charge in [0.1, 0.15) is 0 Å². The van der Waals surface area contributed by atoms with Crippen molar-refractivity contribution >= 4 is 17.8 Å². The Labute approximate surface area is 99.9 Å². The zero-order valence-corrected chi connectivity index (χ0v) is 10.1. The molecule has 17 heavy (non-hydrogen) atoms. The van der Waals surface area contributed by atoms with Gasteiger partial charge in [-0.3, -0.25) is 19.8 Å². The number of primary amides is 1. The molecule has 1 unspecified atom stereocenters. The summed E-state index contributed by atoms with van der Waals surface area (Å²) in [5.74, 6) is -0.495. The number of carbonyl (C=O) groups is 3. The number of hydrogen-bond acceptors (Lipinski definition) is 4. The van der Waals surface area contributed by atoms with Crippen LogP contribution in [0.25, 0.3) is 0 Å². The number of urea groups is 1. The van der Waals surface area contributed by atoms with Gasteiger partial charge in [0, 0.05) is 14.1 Å². The first kappa shape index (κ1) is 13.4. The van der Waals surface area contributed by atoms with E-state index in [1.54, 1.807) is 19.0 Å². The molecule has 1 rings (SSSR count). The second-order valence-corrected chi connectivity index (χ2v) is 4.27. The van der Waals surface area contributed by atoms with Crippen LogP contribution in [-0.2, 0) is 9.59 Å². The average Bonchev–Trinajstić information content (AvgIpc) is 2.62. The van der Waals surface area contributed by atoms with Crippen molar-refractivity contribution in [3.63, 3.8) is 0 Å². The Balaban J connectivity index is 2.55. The number of likely N-dealkylation sites (N-methyl/N-ethyl adjacent to an activating group) is 1. The first-order valence-corrected chi connectivity index (χ1v) is 5.46. The first-order chi connectivity index (χ1) is 7.91. The Morgan fingerprint density at radius 1 is 1.41 bits per heavy atom. The third kappa shape index (κ3) is 3.70. The van der Waals surface area contributed by atoms with Crippen LogP contribution < -0.4 is 11.1 Å². The van der Waals surface area contributed by atoms with Crippen LogP contribution in [0, 0.1) is 0 Å². The molecule has 4 amide bonds. The van der Waals surface area contributed by atoms with Crippen LogP contribution in [0.5, 0.6) is 0 Å². The number of amides is 4. The molecule has 1 heterocycles. The van der Waals surface area contributed by atoms with E-state index in [9.17, 15) is 14.4 Å². The van der Waals surface area contributed by atoms with E-state index in [2.05, 4.69) is 0 Å². The summed E-state index contributed by atoms with van der Waals surface area (Å²) in [7, 11) is 3.37. The summed E-state index contributed by atoms with van der Waals surface area (Å²) in [5.41, 5.74) is 4.85. The van der Waals surface area contributed by atoms with Crippen LogP contribution in [0.3, 0.4) is 0 Å². The summed E-state index contributed by atoms with van der Waals surface area (Å²) < 4.78 is 0. The fourth-order valence-electron chi connectivity index (χ4n) is 1.95. The minimum absolute atomic E-state index is 0.0191. The van der Waals surface area contributed by atoms with E-state index in [-0.39, 0.29) is 18.5 Å². The predicted molar refractivity (Wildman–Crippen MR) is 61.0 cm³/mol. The highest BCUT2D eigenvalue weighted by molar-refractivity contribution is 5.94. The Morgan fingerprint density at radius 3 is 2.59 bits per heavy atom. The second-order valence-electron chi connectivity index (χ2n) is 4.27. The minimum atomic E-state index is -0.871. The third-order valence-corrected chi connectivity index (χ3v) is 2.70. The molecule has 7 nitrogen and oxygen atoms in total. The monoisotopic (exact) mass is 242 g/mol. The van der Waals surface area contributed by atoms with Gasteiger partial charge in [-0.25, -0.2) is 4.79 Å². The maximum absolute atomic E-state index is 11.8. The lowest BCUT2D eigenvalue weighted by Gasteiger charge is -2.25. The van der Waals surface area contributed by atoms with Crippen LogP contribution >= 0.6 is 0 Å². The molecule has 1 atom stereocenters. The van der Waals surface area contributed by atoms with Crippen molar-refractivity contribution in [3.05, 3.63) is 0 Å². The Hall–Kier alpha value is -1.63. The fourth-order valence-corrected chi connectivity index (χ4v) is 1.95. The third-order valence-electron chi connectivity index (χ3n) is 2.70. The standard InChI is InChI=1S/C10H18N4O3/c1-13(2)9(16)7-4-3-5-14(7)6-8(15)12-10(11)17/h7H,3-6H2,1-2H3,(H3,11,12,15,17). The van der Waals surface area contributed by atoms with E-state index < -0.39 is 11.9 Å². The molecule has 1 aliphatic heterocycles. The zero-order valence-electron chi connectivity index (χ0n) is 10.1. The lowest BCUT2D eigenvalue weighted by atomic mass is 10.2. The molecule has 0 saturated carbocycles. The van der Waals surface area contributed by atoms with Gasteiger partial charge in [-0.05, 0) is 19.4 Å². The van der Waals surface area contributed by atoms with E-state index in [0.29, 0.717) is 6.54 Å². The Morgan fingerprint density at radius 2 is 2.06 bits per heavy atom. The number of hydrogen-bond donors (Lipinski definition) is 2. The summed E-state index contributed by atoms with van der Waals surface area (Å²) in [6.07, 6.45) is 1.61. The van der Waals surface area contributed by atoms with Crippen molar-refractivity contribution in [2.24, 2.45) is 5.73 Å². The Bertz CT molecular complexity index is 330. The molecule has 96 valence electrons. The van der Waals surface area contributed by atoms with E-state index in [1.165, 1.54) is 4.90 Å². The highest BCUT2D eigenvalue weighted by atomic mass is 16.2. The number of rotatable bonds is 3. The van der Waals surface area contributed by atoms with Crippen molar-refractivity contribution < 1.29 is 14.4 Å². The van der Waals surface area contributed by atoms with Crippen LogP contribution in [0.15, 0.2) is 0 Å². The molecule has 0 aromatic rings. The molecular formula is C10H18N4O3. The van der Waals surface area contributed by atoms with E-state index in [4.69, 9.17) is 5.73 Å². The summed E-state index contributed by atoms with van der Waals surface area (Å²) in [6, 6.07) is -1.15. The molecule has 7 heteroatoms. The molecular weight excluding hydrogens is 224 g/mol. The number of nitrogens with zero attached hydrogens (tertiary/aromatic N) is 2. The van der Waals surface area contributed by atoms with Gasteiger partial charge in [-0.15, -0.1) is 0 Å². The molecule has 0 spiro atoms. The number of imide groups is 1. The SMILES string of the molecule is CN(C)C(=O)C1CCCN1CC(=O)NC(N)=O. The van der Waals surface area contributed by atoms with Gasteiger partial charge in [-0.2, -0.15) is 0 Å². The number of nitrogens with two attached hydrogens (primary N) is 1. The molecule has 1 fully saturated rings. The van der Waals surface area contributed by atoms with Crippen molar-refractivity contribution in [2.45, 2.75) is 18.9 Å². The molecule has 1 aliphatic rings. The van der Waals surface area contributed by atoms with Crippen molar-refractivity contribution in [3.8, 4) is 0 Å². The minimum Gasteiger partial charge on any atom is -0.351 e. The lowest BCUT2D eigenvalue weighted by Crippen LogP contribution is -2.48. The first-order valence-electron chi connectivity index (χ1n) is 5.46. The van der Waals surface area contributed by atoms with Crippen LogP contribution in [-0.4, -0.2) is 60.9 Å². The maximum Gasteiger partial charge on any atom is 0.318 e. The molecule has 0 aromatic heterocycles. The second kappa shape index (κ2) is 5.62.